The fourth-order valence-corrected chi connectivity index (χ4v) is 3.62. The van der Waals surface area contributed by atoms with Crippen LogP contribution >= 0.6 is 11.3 Å². The third kappa shape index (κ3) is 3.07. The number of amides is 1. The molecule has 2 aromatic rings. The van der Waals surface area contributed by atoms with Gasteiger partial charge in [-0.1, -0.05) is 31.2 Å². The van der Waals surface area contributed by atoms with Crippen molar-refractivity contribution in [1.82, 2.24) is 4.90 Å². The summed E-state index contributed by atoms with van der Waals surface area (Å²) in [5.41, 5.74) is 6.75. The molecule has 2 N–H and O–H groups in total. The van der Waals surface area contributed by atoms with Crippen molar-refractivity contribution in [3.05, 3.63) is 57.8 Å². The van der Waals surface area contributed by atoms with Crippen molar-refractivity contribution < 1.29 is 9.59 Å². The molecule has 5 heteroatoms. The number of hydrogen-bond donors (Lipinski definition) is 1. The number of thiophene rings is 1. The Kier molecular flexibility index (Phi) is 4.33. The minimum atomic E-state index is -0.0928. The Bertz CT molecular complexity index is 726. The fourth-order valence-electron chi connectivity index (χ4n) is 2.94. The quantitative estimate of drug-likeness (QED) is 0.878. The third-order valence-electron chi connectivity index (χ3n) is 4.48. The summed E-state index contributed by atoms with van der Waals surface area (Å²) in [5, 5.41) is 1.87. The van der Waals surface area contributed by atoms with Crippen LogP contribution in [0.4, 0.5) is 0 Å². The number of benzene rings is 1. The molecular formula is C18H20N2O2S. The van der Waals surface area contributed by atoms with Crippen LogP contribution in [0.5, 0.6) is 0 Å². The van der Waals surface area contributed by atoms with Gasteiger partial charge in [0.1, 0.15) is 0 Å². The highest BCUT2D eigenvalue weighted by molar-refractivity contribution is 7.12. The minimum Gasteiger partial charge on any atom is -0.338 e. The molecule has 3 rings (SSSR count). The van der Waals surface area contributed by atoms with Gasteiger partial charge in [0.25, 0.3) is 5.91 Å². The number of carbonyl (C=O) groups excluding carboxylic acids is 2. The highest BCUT2D eigenvalue weighted by Gasteiger charge is 2.36. The topological polar surface area (TPSA) is 63.4 Å². The molecule has 0 bridgehead atoms. The highest BCUT2D eigenvalue weighted by Crippen LogP contribution is 2.30. The number of ketones is 1. The highest BCUT2D eigenvalue weighted by atomic mass is 32.1. The van der Waals surface area contributed by atoms with Gasteiger partial charge >= 0.3 is 0 Å². The molecule has 0 spiro atoms. The first-order chi connectivity index (χ1) is 11.0. The number of nitrogens with two attached hydrogens (primary N) is 1. The van der Waals surface area contributed by atoms with Gasteiger partial charge < -0.3 is 10.6 Å². The molecule has 1 atom stereocenters. The van der Waals surface area contributed by atoms with Gasteiger partial charge in [0.2, 0.25) is 5.78 Å². The smallest absolute Gasteiger partial charge is 0.254 e. The van der Waals surface area contributed by atoms with Crippen LogP contribution in [0.15, 0.2) is 41.8 Å². The maximum atomic E-state index is 12.9. The van der Waals surface area contributed by atoms with E-state index in [1.807, 2.05) is 16.3 Å². The summed E-state index contributed by atoms with van der Waals surface area (Å²) in [6.07, 6.45) is 0.899. The van der Waals surface area contributed by atoms with Crippen molar-refractivity contribution in [2.45, 2.75) is 13.3 Å². The standard InChI is InChI=1S/C18H20N2O2S/c1-18(11-19)8-9-20(12-18)17(22)14-6-3-2-5-13(14)16(21)15-7-4-10-23-15/h2-7,10H,8-9,11-12,19H2,1H3. The Balaban J connectivity index is 1.89. The van der Waals surface area contributed by atoms with E-state index in [2.05, 4.69) is 6.92 Å². The predicted molar refractivity (Wildman–Crippen MR) is 91.9 cm³/mol. The second kappa shape index (κ2) is 6.26. The number of hydrogen-bond acceptors (Lipinski definition) is 4. The van der Waals surface area contributed by atoms with Gasteiger partial charge in [-0.05, 0) is 35.9 Å². The van der Waals surface area contributed by atoms with Gasteiger partial charge in [-0.3, -0.25) is 9.59 Å². The first-order valence-corrected chi connectivity index (χ1v) is 8.59. The summed E-state index contributed by atoms with van der Waals surface area (Å²) in [4.78, 5) is 28.0. The molecule has 1 aliphatic rings. The third-order valence-corrected chi connectivity index (χ3v) is 5.35. The average Bonchev–Trinajstić information content (AvgIpc) is 3.24. The fraction of sp³-hybridized carbons (Fsp3) is 0.333. The molecule has 2 heterocycles. The molecule has 0 radical (unpaired) electrons. The van der Waals surface area contributed by atoms with Crippen molar-refractivity contribution in [2.75, 3.05) is 19.6 Å². The van der Waals surface area contributed by atoms with E-state index in [4.69, 9.17) is 5.73 Å². The van der Waals surface area contributed by atoms with E-state index in [0.29, 0.717) is 35.6 Å². The number of nitrogens with zero attached hydrogens (tertiary/aromatic N) is 1. The number of likely N-dealkylation sites (tertiary alicyclic amines) is 1. The molecular weight excluding hydrogens is 308 g/mol. The molecule has 1 aromatic carbocycles. The SMILES string of the molecule is CC1(CN)CCN(C(=O)c2ccccc2C(=O)c2cccs2)C1. The maximum Gasteiger partial charge on any atom is 0.254 e. The summed E-state index contributed by atoms with van der Waals surface area (Å²) in [6, 6.07) is 10.7. The number of carbonyl (C=O) groups is 2. The van der Waals surface area contributed by atoms with Crippen LogP contribution < -0.4 is 5.73 Å². The van der Waals surface area contributed by atoms with Crippen LogP contribution in [0.25, 0.3) is 0 Å². The molecule has 0 aliphatic carbocycles. The predicted octanol–water partition coefficient (Wildman–Crippen LogP) is 2.79. The lowest BCUT2D eigenvalue weighted by atomic mass is 9.90. The summed E-state index contributed by atoms with van der Waals surface area (Å²) < 4.78 is 0. The van der Waals surface area contributed by atoms with Crippen LogP contribution in [0.1, 0.15) is 38.9 Å². The van der Waals surface area contributed by atoms with Crippen LogP contribution in [0.3, 0.4) is 0 Å². The Morgan fingerprint density at radius 3 is 2.57 bits per heavy atom. The van der Waals surface area contributed by atoms with Gasteiger partial charge in [0.05, 0.1) is 10.4 Å². The molecule has 23 heavy (non-hydrogen) atoms. The molecule has 4 nitrogen and oxygen atoms in total. The zero-order valence-electron chi connectivity index (χ0n) is 13.1. The lowest BCUT2D eigenvalue weighted by molar-refractivity contribution is 0.0772. The molecule has 1 aliphatic heterocycles. The summed E-state index contributed by atoms with van der Waals surface area (Å²) in [7, 11) is 0. The largest absolute Gasteiger partial charge is 0.338 e. The van der Waals surface area contributed by atoms with Gasteiger partial charge in [0, 0.05) is 18.7 Å². The Labute approximate surface area is 139 Å². The van der Waals surface area contributed by atoms with E-state index in [0.717, 1.165) is 6.42 Å². The second-order valence-electron chi connectivity index (χ2n) is 6.34. The first kappa shape index (κ1) is 15.9. The molecule has 1 unspecified atom stereocenters. The summed E-state index contributed by atoms with van der Waals surface area (Å²) >= 11 is 1.39. The van der Waals surface area contributed by atoms with E-state index >= 15 is 0 Å². The van der Waals surface area contributed by atoms with Crippen molar-refractivity contribution in [3.63, 3.8) is 0 Å². The molecule has 1 aromatic heterocycles. The zero-order chi connectivity index (χ0) is 16.4. The zero-order valence-corrected chi connectivity index (χ0v) is 13.9. The van der Waals surface area contributed by atoms with E-state index < -0.39 is 0 Å². The monoisotopic (exact) mass is 328 g/mol. The van der Waals surface area contributed by atoms with Crippen LogP contribution in [-0.4, -0.2) is 36.2 Å². The molecule has 1 saturated heterocycles. The van der Waals surface area contributed by atoms with E-state index in [-0.39, 0.29) is 17.1 Å². The van der Waals surface area contributed by atoms with Crippen molar-refractivity contribution in [1.29, 1.82) is 0 Å². The second-order valence-corrected chi connectivity index (χ2v) is 7.29. The normalized spacial score (nSPS) is 20.7. The van der Waals surface area contributed by atoms with Crippen molar-refractivity contribution in [2.24, 2.45) is 11.1 Å². The lowest BCUT2D eigenvalue weighted by Crippen LogP contribution is -2.35. The van der Waals surface area contributed by atoms with E-state index in [1.165, 1.54) is 11.3 Å². The summed E-state index contributed by atoms with van der Waals surface area (Å²) in [5.74, 6) is -0.174. The molecule has 0 saturated carbocycles. The maximum absolute atomic E-state index is 12.9. The van der Waals surface area contributed by atoms with Gasteiger partial charge in [-0.2, -0.15) is 0 Å². The van der Waals surface area contributed by atoms with Crippen LogP contribution in [-0.2, 0) is 0 Å². The molecule has 1 amide bonds. The van der Waals surface area contributed by atoms with Crippen molar-refractivity contribution in [3.8, 4) is 0 Å². The van der Waals surface area contributed by atoms with Gasteiger partial charge in [-0.15, -0.1) is 11.3 Å². The van der Waals surface area contributed by atoms with E-state index in [1.54, 1.807) is 30.3 Å². The van der Waals surface area contributed by atoms with Gasteiger partial charge in [-0.25, -0.2) is 0 Å². The van der Waals surface area contributed by atoms with Gasteiger partial charge in [0.15, 0.2) is 0 Å². The Morgan fingerprint density at radius 1 is 1.22 bits per heavy atom. The first-order valence-electron chi connectivity index (χ1n) is 7.71. The summed E-state index contributed by atoms with van der Waals surface area (Å²) in [6.45, 7) is 3.99. The Morgan fingerprint density at radius 2 is 1.96 bits per heavy atom. The van der Waals surface area contributed by atoms with E-state index in [9.17, 15) is 9.59 Å². The Hall–Kier alpha value is -1.98. The lowest BCUT2D eigenvalue weighted by Gasteiger charge is -2.23. The minimum absolute atomic E-state index is 0.0254. The van der Waals surface area contributed by atoms with Crippen LogP contribution in [0, 0.1) is 5.41 Å². The van der Waals surface area contributed by atoms with Crippen molar-refractivity contribution >= 4 is 23.0 Å². The number of rotatable bonds is 4. The molecule has 1 fully saturated rings. The van der Waals surface area contributed by atoms with Crippen LogP contribution in [0.2, 0.25) is 0 Å². The molecule has 120 valence electrons. The average molecular weight is 328 g/mol.